The van der Waals surface area contributed by atoms with E-state index in [1.165, 1.54) is 0 Å². The van der Waals surface area contributed by atoms with Gasteiger partial charge in [0.1, 0.15) is 12.4 Å². The maximum absolute atomic E-state index is 5.50. The number of ether oxygens (including phenoxy) is 1. The molecule has 0 fully saturated rings. The minimum Gasteiger partial charge on any atom is -0.490 e. The molecule has 0 saturated heterocycles. The topological polar surface area (TPSA) is 12.5 Å². The van der Waals surface area contributed by atoms with Crippen molar-refractivity contribution in [3.05, 3.63) is 72.5 Å². The molecule has 0 atom stereocenters. The standard InChI is InChI=1S/C18H20NO.Y/c1-5-13-20-17-10-8-16(9-11-17)18-12-7-14(3)15(4)19(18)6-2;/h5,7-11H,1,4,6,13H2,2-3H3;/q-1;. The molecule has 1 aliphatic heterocycles. The maximum atomic E-state index is 5.50. The van der Waals surface area contributed by atoms with Crippen molar-refractivity contribution in [3.8, 4) is 5.75 Å². The molecule has 2 rings (SSSR count). The van der Waals surface area contributed by atoms with E-state index in [9.17, 15) is 0 Å². The van der Waals surface area contributed by atoms with E-state index >= 15 is 0 Å². The Bertz CT molecular complexity index is 569. The van der Waals surface area contributed by atoms with Crippen LogP contribution in [0, 0.1) is 6.08 Å². The van der Waals surface area contributed by atoms with Crippen LogP contribution >= 0.6 is 0 Å². The van der Waals surface area contributed by atoms with E-state index in [1.54, 1.807) is 6.08 Å². The van der Waals surface area contributed by atoms with E-state index < -0.39 is 0 Å². The Morgan fingerprint density at radius 2 is 1.95 bits per heavy atom. The van der Waals surface area contributed by atoms with Crippen molar-refractivity contribution in [2.75, 3.05) is 13.2 Å². The molecule has 1 radical (unpaired) electrons. The molecule has 3 heteroatoms. The zero-order valence-electron chi connectivity index (χ0n) is 12.7. The Morgan fingerprint density at radius 3 is 2.52 bits per heavy atom. The Morgan fingerprint density at radius 1 is 1.29 bits per heavy atom. The summed E-state index contributed by atoms with van der Waals surface area (Å²) in [5.74, 6) is 0.846. The summed E-state index contributed by atoms with van der Waals surface area (Å²) in [6.45, 7) is 13.4. The molecule has 1 aromatic carbocycles. The Kier molecular flexibility index (Phi) is 7.14. The fraction of sp³-hybridized carbons (Fsp3) is 0.222. The third-order valence-electron chi connectivity index (χ3n) is 3.29. The summed E-state index contributed by atoms with van der Waals surface area (Å²) < 4.78 is 5.50. The number of hydrogen-bond donors (Lipinski definition) is 0. The molecule has 1 aromatic rings. The SMILES string of the molecule is C=CCOc1ccc(C2=[C-]C=C(C)C(=C)N2CC)cc1.[Y]. The monoisotopic (exact) mass is 355 g/mol. The molecular formula is C18H20NOY-. The fourth-order valence-electron chi connectivity index (χ4n) is 2.14. The molecule has 2 nitrogen and oxygen atoms in total. The second kappa shape index (κ2) is 8.36. The average molecular weight is 355 g/mol. The van der Waals surface area contributed by atoms with E-state index in [1.807, 2.05) is 30.3 Å². The minimum absolute atomic E-state index is 0. The van der Waals surface area contributed by atoms with Gasteiger partial charge in [0.05, 0.1) is 0 Å². The van der Waals surface area contributed by atoms with Crippen LogP contribution in [-0.2, 0) is 32.7 Å². The van der Waals surface area contributed by atoms with E-state index in [-0.39, 0.29) is 32.7 Å². The Balaban J connectivity index is 0.00000220. The largest absolute Gasteiger partial charge is 0.490 e. The number of likely N-dealkylation sites (N-methyl/N-ethyl adjacent to an activating group) is 1. The molecular weight excluding hydrogens is 335 g/mol. The van der Waals surface area contributed by atoms with Crippen LogP contribution in [0.3, 0.4) is 0 Å². The quantitative estimate of drug-likeness (QED) is 0.580. The van der Waals surface area contributed by atoms with Gasteiger partial charge < -0.3 is 9.64 Å². The third kappa shape index (κ3) is 4.18. The number of nitrogens with zero attached hydrogens (tertiary/aromatic N) is 1. The van der Waals surface area contributed by atoms with Crippen molar-refractivity contribution in [1.29, 1.82) is 0 Å². The molecule has 0 aliphatic carbocycles. The second-order valence-corrected chi connectivity index (χ2v) is 4.64. The second-order valence-electron chi connectivity index (χ2n) is 4.64. The predicted molar refractivity (Wildman–Crippen MR) is 84.1 cm³/mol. The molecule has 0 amide bonds. The smallest absolute Gasteiger partial charge is 0.117 e. The van der Waals surface area contributed by atoms with Crippen molar-refractivity contribution in [2.45, 2.75) is 13.8 Å². The van der Waals surface area contributed by atoms with Crippen LogP contribution in [0.15, 0.2) is 60.8 Å². The van der Waals surface area contributed by atoms with Gasteiger partial charge >= 0.3 is 0 Å². The molecule has 0 aromatic heterocycles. The molecule has 0 unspecified atom stereocenters. The molecule has 0 bridgehead atoms. The van der Waals surface area contributed by atoms with Crippen LogP contribution in [0.1, 0.15) is 19.4 Å². The summed E-state index contributed by atoms with van der Waals surface area (Å²) in [5.41, 5.74) is 4.36. The van der Waals surface area contributed by atoms with E-state index in [4.69, 9.17) is 4.74 Å². The zero-order valence-corrected chi connectivity index (χ0v) is 15.6. The zero-order chi connectivity index (χ0) is 14.5. The molecule has 0 N–H and O–H groups in total. The van der Waals surface area contributed by atoms with Gasteiger partial charge in [-0.05, 0) is 24.8 Å². The van der Waals surface area contributed by atoms with E-state index in [2.05, 4.69) is 38.0 Å². The van der Waals surface area contributed by atoms with Gasteiger partial charge in [0, 0.05) is 39.3 Å². The van der Waals surface area contributed by atoms with Crippen LogP contribution in [0.25, 0.3) is 5.70 Å². The van der Waals surface area contributed by atoms with E-state index in [0.717, 1.165) is 34.8 Å². The van der Waals surface area contributed by atoms with Crippen LogP contribution in [0.4, 0.5) is 0 Å². The first-order chi connectivity index (χ1) is 9.67. The van der Waals surface area contributed by atoms with Gasteiger partial charge in [0.2, 0.25) is 0 Å². The van der Waals surface area contributed by atoms with Crippen molar-refractivity contribution in [1.82, 2.24) is 4.90 Å². The predicted octanol–water partition coefficient (Wildman–Crippen LogP) is 4.19. The summed E-state index contributed by atoms with van der Waals surface area (Å²) in [6, 6.07) is 8.03. The fourth-order valence-corrected chi connectivity index (χ4v) is 2.14. The number of hydrogen-bond acceptors (Lipinski definition) is 2. The van der Waals surface area contributed by atoms with Gasteiger partial charge in [-0.3, -0.25) is 0 Å². The molecule has 1 aliphatic rings. The number of benzene rings is 1. The van der Waals surface area contributed by atoms with Crippen LogP contribution in [0.5, 0.6) is 5.75 Å². The summed E-state index contributed by atoms with van der Waals surface area (Å²) in [5, 5.41) is 0. The molecule has 1 heterocycles. The average Bonchev–Trinajstić information content (AvgIpc) is 2.48. The van der Waals surface area contributed by atoms with Crippen LogP contribution < -0.4 is 4.74 Å². The Hall–Kier alpha value is -1.12. The third-order valence-corrected chi connectivity index (χ3v) is 3.29. The van der Waals surface area contributed by atoms with Gasteiger partial charge in [-0.25, -0.2) is 0 Å². The summed E-state index contributed by atoms with van der Waals surface area (Å²) in [7, 11) is 0. The molecule has 21 heavy (non-hydrogen) atoms. The summed E-state index contributed by atoms with van der Waals surface area (Å²) in [4.78, 5) is 2.18. The maximum Gasteiger partial charge on any atom is 0.117 e. The molecule has 0 spiro atoms. The van der Waals surface area contributed by atoms with Crippen molar-refractivity contribution in [2.24, 2.45) is 0 Å². The van der Waals surface area contributed by atoms with Crippen molar-refractivity contribution < 1.29 is 37.4 Å². The minimum atomic E-state index is 0. The van der Waals surface area contributed by atoms with Gasteiger partial charge in [-0.1, -0.05) is 37.4 Å². The van der Waals surface area contributed by atoms with Crippen LogP contribution in [0.2, 0.25) is 0 Å². The first-order valence-electron chi connectivity index (χ1n) is 6.78. The molecule has 107 valence electrons. The van der Waals surface area contributed by atoms with Crippen LogP contribution in [-0.4, -0.2) is 18.1 Å². The van der Waals surface area contributed by atoms with Gasteiger partial charge in [-0.15, -0.1) is 17.7 Å². The van der Waals surface area contributed by atoms with Gasteiger partial charge in [0.25, 0.3) is 0 Å². The molecule has 0 saturated carbocycles. The van der Waals surface area contributed by atoms with Crippen molar-refractivity contribution in [3.63, 3.8) is 0 Å². The summed E-state index contributed by atoms with van der Waals surface area (Å²) in [6.07, 6.45) is 7.07. The normalized spacial score (nSPS) is 14.0. The Labute approximate surface area is 152 Å². The van der Waals surface area contributed by atoms with E-state index in [0.29, 0.717) is 6.61 Å². The number of allylic oxidation sites excluding steroid dienone is 3. The van der Waals surface area contributed by atoms with Crippen molar-refractivity contribution >= 4 is 5.70 Å². The number of rotatable bonds is 5. The first-order valence-corrected chi connectivity index (χ1v) is 6.78. The van der Waals surface area contributed by atoms with Gasteiger partial charge in [-0.2, -0.15) is 12.2 Å². The summed E-state index contributed by atoms with van der Waals surface area (Å²) >= 11 is 0. The van der Waals surface area contributed by atoms with Gasteiger partial charge in [0.15, 0.2) is 0 Å². The first kappa shape index (κ1) is 17.9.